The molecule has 0 saturated heterocycles. The first-order valence-electron chi connectivity index (χ1n) is 5.91. The third-order valence-corrected chi connectivity index (χ3v) is 4.09. The van der Waals surface area contributed by atoms with Gasteiger partial charge in [-0.1, -0.05) is 48.5 Å². The lowest BCUT2D eigenvalue weighted by molar-refractivity contribution is 1.01. The Morgan fingerprint density at radius 3 is 2.44 bits per heavy atom. The lowest BCUT2D eigenvalue weighted by Crippen LogP contribution is -1.95. The predicted molar refractivity (Wildman–Crippen MR) is 78.1 cm³/mol. The smallest absolute Gasteiger partial charge is 0.105 e. The number of aromatic nitrogens is 1. The predicted octanol–water partition coefficient (Wildman–Crippen LogP) is 4.61. The minimum atomic E-state index is 0.184. The van der Waals surface area contributed by atoms with Crippen LogP contribution in [0.4, 0.5) is 0 Å². The summed E-state index contributed by atoms with van der Waals surface area (Å²) in [7, 11) is 0. The molecule has 0 fully saturated rings. The van der Waals surface area contributed by atoms with Crippen molar-refractivity contribution in [3.8, 4) is 0 Å². The van der Waals surface area contributed by atoms with E-state index in [-0.39, 0.29) is 5.92 Å². The van der Waals surface area contributed by atoms with Crippen LogP contribution in [-0.2, 0) is 0 Å². The number of hydrogen-bond acceptors (Lipinski definition) is 2. The normalized spacial score (nSPS) is 12.4. The number of thiazole rings is 1. The zero-order valence-electron chi connectivity index (χ0n) is 9.91. The van der Waals surface area contributed by atoms with E-state index in [0.29, 0.717) is 0 Å². The van der Waals surface area contributed by atoms with E-state index in [1.807, 2.05) is 18.2 Å². The fourth-order valence-electron chi connectivity index (χ4n) is 2.06. The molecule has 3 rings (SSSR count). The Labute approximate surface area is 110 Å². The summed E-state index contributed by atoms with van der Waals surface area (Å²) in [5, 5.41) is 1.11. The lowest BCUT2D eigenvalue weighted by atomic mass is 10.0. The van der Waals surface area contributed by atoms with Crippen molar-refractivity contribution in [2.75, 3.05) is 0 Å². The van der Waals surface area contributed by atoms with Crippen LogP contribution in [0, 0.1) is 0 Å². The summed E-state index contributed by atoms with van der Waals surface area (Å²) in [6, 6.07) is 18.6. The molecule has 0 unspecified atom stereocenters. The average Bonchev–Trinajstić information content (AvgIpc) is 2.84. The summed E-state index contributed by atoms with van der Waals surface area (Å²) < 4.78 is 1.23. The van der Waals surface area contributed by atoms with E-state index in [1.54, 1.807) is 11.3 Å². The molecule has 0 amide bonds. The fraction of sp³-hybridized carbons (Fsp3) is 0.0625. The van der Waals surface area contributed by atoms with Crippen molar-refractivity contribution in [3.05, 3.63) is 77.8 Å². The second kappa shape index (κ2) is 4.75. The van der Waals surface area contributed by atoms with Gasteiger partial charge in [-0.3, -0.25) is 0 Å². The molecule has 2 heteroatoms. The number of allylic oxidation sites excluding steroid dienone is 1. The Morgan fingerprint density at radius 1 is 1.00 bits per heavy atom. The number of nitrogens with zero attached hydrogens (tertiary/aromatic N) is 1. The molecule has 0 spiro atoms. The van der Waals surface area contributed by atoms with Gasteiger partial charge in [-0.2, -0.15) is 0 Å². The Balaban J connectivity index is 2.09. The van der Waals surface area contributed by atoms with Crippen molar-refractivity contribution in [2.24, 2.45) is 0 Å². The zero-order valence-corrected chi connectivity index (χ0v) is 10.7. The Kier molecular flexibility index (Phi) is 2.95. The first kappa shape index (κ1) is 11.2. The number of hydrogen-bond donors (Lipinski definition) is 0. The van der Waals surface area contributed by atoms with Crippen LogP contribution in [0.3, 0.4) is 0 Å². The molecule has 1 nitrogen and oxygen atoms in total. The van der Waals surface area contributed by atoms with E-state index in [0.717, 1.165) is 10.5 Å². The number of benzene rings is 2. The van der Waals surface area contributed by atoms with Crippen LogP contribution in [-0.4, -0.2) is 4.98 Å². The molecule has 3 aromatic rings. The quantitative estimate of drug-likeness (QED) is 0.619. The van der Waals surface area contributed by atoms with Gasteiger partial charge in [0, 0.05) is 0 Å². The molecule has 0 aliphatic rings. The lowest BCUT2D eigenvalue weighted by Gasteiger charge is -2.08. The van der Waals surface area contributed by atoms with Gasteiger partial charge >= 0.3 is 0 Å². The van der Waals surface area contributed by atoms with E-state index in [1.165, 1.54) is 10.3 Å². The molecule has 0 saturated carbocycles. The highest BCUT2D eigenvalue weighted by Crippen LogP contribution is 2.32. The van der Waals surface area contributed by atoms with Gasteiger partial charge in [0.15, 0.2) is 0 Å². The van der Waals surface area contributed by atoms with Crippen LogP contribution in [0.15, 0.2) is 67.3 Å². The van der Waals surface area contributed by atoms with Crippen molar-refractivity contribution >= 4 is 21.6 Å². The first-order chi connectivity index (χ1) is 8.88. The summed E-state index contributed by atoms with van der Waals surface area (Å²) in [5.41, 5.74) is 2.31. The monoisotopic (exact) mass is 251 g/mol. The van der Waals surface area contributed by atoms with Crippen LogP contribution >= 0.6 is 11.3 Å². The van der Waals surface area contributed by atoms with Crippen molar-refractivity contribution < 1.29 is 0 Å². The van der Waals surface area contributed by atoms with Crippen LogP contribution < -0.4 is 0 Å². The minimum Gasteiger partial charge on any atom is -0.240 e. The van der Waals surface area contributed by atoms with Gasteiger partial charge in [0.25, 0.3) is 0 Å². The van der Waals surface area contributed by atoms with Crippen molar-refractivity contribution in [3.63, 3.8) is 0 Å². The number of para-hydroxylation sites is 1. The molecular formula is C16H13NS. The second-order valence-corrected chi connectivity index (χ2v) is 5.21. The van der Waals surface area contributed by atoms with Gasteiger partial charge in [0.1, 0.15) is 5.01 Å². The van der Waals surface area contributed by atoms with Gasteiger partial charge < -0.3 is 0 Å². The third-order valence-electron chi connectivity index (χ3n) is 2.97. The fourth-order valence-corrected chi connectivity index (χ4v) is 3.16. The molecule has 1 heterocycles. The molecule has 0 aliphatic heterocycles. The highest BCUT2D eigenvalue weighted by Gasteiger charge is 2.14. The highest BCUT2D eigenvalue weighted by atomic mass is 32.1. The Hall–Kier alpha value is -1.93. The summed E-state index contributed by atoms with van der Waals surface area (Å²) in [4.78, 5) is 4.71. The minimum absolute atomic E-state index is 0.184. The van der Waals surface area contributed by atoms with Gasteiger partial charge in [-0.25, -0.2) is 4.98 Å². The maximum atomic E-state index is 4.71. The molecule has 1 aromatic heterocycles. The maximum absolute atomic E-state index is 4.71. The molecule has 0 bridgehead atoms. The first-order valence-corrected chi connectivity index (χ1v) is 6.73. The van der Waals surface area contributed by atoms with Gasteiger partial charge in [0.2, 0.25) is 0 Å². The van der Waals surface area contributed by atoms with Crippen LogP contribution in [0.2, 0.25) is 0 Å². The molecular weight excluding hydrogens is 238 g/mol. The summed E-state index contributed by atoms with van der Waals surface area (Å²) in [6.45, 7) is 3.95. The Bertz CT molecular complexity index is 637. The second-order valence-electron chi connectivity index (χ2n) is 4.14. The van der Waals surface area contributed by atoms with Crippen molar-refractivity contribution in [1.82, 2.24) is 4.98 Å². The largest absolute Gasteiger partial charge is 0.240 e. The van der Waals surface area contributed by atoms with Crippen LogP contribution in [0.5, 0.6) is 0 Å². The van der Waals surface area contributed by atoms with E-state index < -0.39 is 0 Å². The molecule has 18 heavy (non-hydrogen) atoms. The zero-order chi connectivity index (χ0) is 12.4. The number of rotatable bonds is 3. The van der Waals surface area contributed by atoms with Gasteiger partial charge in [-0.15, -0.1) is 17.9 Å². The highest BCUT2D eigenvalue weighted by molar-refractivity contribution is 7.18. The Morgan fingerprint density at radius 2 is 1.72 bits per heavy atom. The average molecular weight is 251 g/mol. The van der Waals surface area contributed by atoms with Crippen molar-refractivity contribution in [2.45, 2.75) is 5.92 Å². The summed E-state index contributed by atoms with van der Waals surface area (Å²) in [6.07, 6.45) is 1.97. The van der Waals surface area contributed by atoms with Gasteiger partial charge in [-0.05, 0) is 17.7 Å². The summed E-state index contributed by atoms with van der Waals surface area (Å²) >= 11 is 1.74. The van der Waals surface area contributed by atoms with Crippen LogP contribution in [0.25, 0.3) is 10.2 Å². The topological polar surface area (TPSA) is 12.9 Å². The molecule has 88 valence electrons. The maximum Gasteiger partial charge on any atom is 0.105 e. The van der Waals surface area contributed by atoms with E-state index in [2.05, 4.69) is 49.0 Å². The molecule has 0 radical (unpaired) electrons. The van der Waals surface area contributed by atoms with E-state index >= 15 is 0 Å². The molecule has 0 aliphatic carbocycles. The third kappa shape index (κ3) is 1.95. The van der Waals surface area contributed by atoms with E-state index in [4.69, 9.17) is 4.98 Å². The van der Waals surface area contributed by atoms with Crippen molar-refractivity contribution in [1.29, 1.82) is 0 Å². The molecule has 1 atom stereocenters. The standard InChI is InChI=1S/C16H13NS/c1-2-13(12-8-4-3-5-9-12)16-17-14-10-6-7-11-15(14)18-16/h2-11,13H,1H2/t13-/m0/s1. The SMILES string of the molecule is C=C[C@@H](c1ccccc1)c1nc2ccccc2s1. The summed E-state index contributed by atoms with van der Waals surface area (Å²) in [5.74, 6) is 0.184. The van der Waals surface area contributed by atoms with E-state index in [9.17, 15) is 0 Å². The molecule has 0 N–H and O–H groups in total. The molecule has 2 aromatic carbocycles. The van der Waals surface area contributed by atoms with Gasteiger partial charge in [0.05, 0.1) is 16.1 Å². The number of fused-ring (bicyclic) bond motifs is 1. The van der Waals surface area contributed by atoms with Crippen LogP contribution in [0.1, 0.15) is 16.5 Å².